The lowest BCUT2D eigenvalue weighted by atomic mass is 10.1. The van der Waals surface area contributed by atoms with Crippen molar-refractivity contribution in [2.45, 2.75) is 43.4 Å². The molecule has 0 amide bonds. The lowest BCUT2D eigenvalue weighted by molar-refractivity contribution is 0.136. The molecular formula is C15H21FO2S. The first-order valence-corrected chi connectivity index (χ1v) is 7.51. The summed E-state index contributed by atoms with van der Waals surface area (Å²) in [6, 6.07) is 7.28. The predicted octanol–water partition coefficient (Wildman–Crippen LogP) is 3.16. The molecule has 0 fully saturated rings. The van der Waals surface area contributed by atoms with Crippen molar-refractivity contribution in [1.29, 1.82) is 0 Å². The largest absolute Gasteiger partial charge is 0.389 e. The second kappa shape index (κ2) is 7.56. The summed E-state index contributed by atoms with van der Waals surface area (Å²) in [5.74, 6) is 0. The highest BCUT2D eigenvalue weighted by Gasteiger charge is 2.25. The van der Waals surface area contributed by atoms with Crippen molar-refractivity contribution >= 4 is 10.8 Å². The van der Waals surface area contributed by atoms with Crippen LogP contribution in [0.15, 0.2) is 40.8 Å². The van der Waals surface area contributed by atoms with Gasteiger partial charge in [-0.1, -0.05) is 29.3 Å². The molecule has 0 aromatic heterocycles. The number of hydrogen-bond acceptors (Lipinski definition) is 2. The number of allylic oxidation sites excluding steroid dienone is 2. The molecule has 2 nitrogen and oxygen atoms in total. The average Bonchev–Trinajstić information content (AvgIpc) is 2.38. The third kappa shape index (κ3) is 4.88. The Balaban J connectivity index is 2.93. The zero-order valence-electron chi connectivity index (χ0n) is 11.6. The van der Waals surface area contributed by atoms with E-state index in [9.17, 15) is 13.7 Å². The monoisotopic (exact) mass is 284 g/mol. The number of aryl methyl sites for hydroxylation is 1. The van der Waals surface area contributed by atoms with Crippen molar-refractivity contribution in [3.8, 4) is 0 Å². The second-order valence-electron chi connectivity index (χ2n) is 4.89. The predicted molar refractivity (Wildman–Crippen MR) is 77.4 cm³/mol. The van der Waals surface area contributed by atoms with Crippen LogP contribution >= 0.6 is 0 Å². The fraction of sp³-hybridized carbons (Fsp3) is 0.467. The summed E-state index contributed by atoms with van der Waals surface area (Å²) in [5, 5.41) is 9.11. The van der Waals surface area contributed by atoms with E-state index >= 15 is 0 Å². The Morgan fingerprint density at radius 1 is 1.37 bits per heavy atom. The van der Waals surface area contributed by atoms with E-state index in [-0.39, 0.29) is 0 Å². The molecule has 19 heavy (non-hydrogen) atoms. The van der Waals surface area contributed by atoms with Gasteiger partial charge in [-0.15, -0.1) is 0 Å². The van der Waals surface area contributed by atoms with Gasteiger partial charge in [0.1, 0.15) is 6.67 Å². The number of benzene rings is 1. The van der Waals surface area contributed by atoms with Crippen LogP contribution in [0.25, 0.3) is 0 Å². The normalized spacial score (nSPS) is 15.6. The highest BCUT2D eigenvalue weighted by atomic mass is 32.2. The SMILES string of the molecule is CC(C)=CC[C@@H]([C@@H](O)CF)[S@@](=O)c1ccc(C)cc1. The fourth-order valence-electron chi connectivity index (χ4n) is 1.69. The molecule has 3 atom stereocenters. The highest BCUT2D eigenvalue weighted by molar-refractivity contribution is 7.85. The summed E-state index contributed by atoms with van der Waals surface area (Å²) in [6.07, 6.45) is 1.10. The van der Waals surface area contributed by atoms with Crippen LogP contribution in [-0.2, 0) is 10.8 Å². The molecule has 1 aromatic rings. The molecule has 1 N–H and O–H groups in total. The molecule has 0 bridgehead atoms. The number of halogens is 1. The minimum atomic E-state index is -1.41. The van der Waals surface area contributed by atoms with Gasteiger partial charge >= 0.3 is 0 Å². The van der Waals surface area contributed by atoms with E-state index in [0.717, 1.165) is 11.1 Å². The molecule has 106 valence electrons. The Bertz CT molecular complexity index is 450. The van der Waals surface area contributed by atoms with Crippen LogP contribution in [0.4, 0.5) is 4.39 Å². The highest BCUT2D eigenvalue weighted by Crippen LogP contribution is 2.19. The number of aliphatic hydroxyl groups excluding tert-OH is 1. The third-order valence-corrected chi connectivity index (χ3v) is 4.67. The van der Waals surface area contributed by atoms with Crippen LogP contribution in [0.5, 0.6) is 0 Å². The smallest absolute Gasteiger partial charge is 0.116 e. The standard InChI is InChI=1S/C15H21FO2S/c1-11(2)4-9-15(14(17)10-16)19(18)13-7-5-12(3)6-8-13/h4-8,14-15,17H,9-10H2,1-3H3/t14-,15-,19-/m0/s1. The molecule has 0 radical (unpaired) electrons. The summed E-state index contributed by atoms with van der Waals surface area (Å²) in [4.78, 5) is 0.630. The summed E-state index contributed by atoms with van der Waals surface area (Å²) >= 11 is 0. The first-order valence-electron chi connectivity index (χ1n) is 6.30. The maximum atomic E-state index is 12.7. The van der Waals surface area contributed by atoms with Crippen molar-refractivity contribution in [1.82, 2.24) is 0 Å². The van der Waals surface area contributed by atoms with Crippen LogP contribution in [0.3, 0.4) is 0 Å². The van der Waals surface area contributed by atoms with Crippen molar-refractivity contribution < 1.29 is 13.7 Å². The average molecular weight is 284 g/mol. The molecule has 0 saturated heterocycles. The lowest BCUT2D eigenvalue weighted by Crippen LogP contribution is -2.31. The Labute approximate surface area is 116 Å². The minimum absolute atomic E-state index is 0.411. The van der Waals surface area contributed by atoms with Crippen LogP contribution in [0.1, 0.15) is 25.8 Å². The molecule has 0 aliphatic heterocycles. The molecule has 1 aromatic carbocycles. The van der Waals surface area contributed by atoms with Gasteiger partial charge in [-0.25, -0.2) is 4.39 Å². The van der Waals surface area contributed by atoms with E-state index in [0.29, 0.717) is 11.3 Å². The van der Waals surface area contributed by atoms with E-state index in [2.05, 4.69) is 0 Å². The molecule has 1 rings (SSSR count). The van der Waals surface area contributed by atoms with E-state index in [1.54, 1.807) is 12.1 Å². The van der Waals surface area contributed by atoms with Crippen LogP contribution < -0.4 is 0 Å². The van der Waals surface area contributed by atoms with Gasteiger partial charge in [0.05, 0.1) is 22.2 Å². The van der Waals surface area contributed by atoms with Crippen LogP contribution in [-0.4, -0.2) is 27.3 Å². The summed E-state index contributed by atoms with van der Waals surface area (Å²) in [6.45, 7) is 4.92. The topological polar surface area (TPSA) is 37.3 Å². The third-order valence-electron chi connectivity index (χ3n) is 2.87. The van der Waals surface area contributed by atoms with E-state index in [4.69, 9.17) is 0 Å². The summed E-state index contributed by atoms with van der Waals surface area (Å²) < 4.78 is 25.1. The lowest BCUT2D eigenvalue weighted by Gasteiger charge is -2.19. The number of aliphatic hydroxyl groups is 1. The van der Waals surface area contributed by atoms with Crippen molar-refractivity contribution in [2.75, 3.05) is 6.67 Å². The van der Waals surface area contributed by atoms with Crippen molar-refractivity contribution in [3.05, 3.63) is 41.5 Å². The van der Waals surface area contributed by atoms with Gasteiger partial charge in [0.25, 0.3) is 0 Å². The van der Waals surface area contributed by atoms with Gasteiger partial charge < -0.3 is 5.11 Å². The first kappa shape index (κ1) is 16.1. The summed E-state index contributed by atoms with van der Waals surface area (Å²) in [7, 11) is -1.41. The van der Waals surface area contributed by atoms with E-state index in [1.165, 1.54) is 0 Å². The van der Waals surface area contributed by atoms with Gasteiger partial charge in [0.15, 0.2) is 0 Å². The second-order valence-corrected chi connectivity index (χ2v) is 6.56. The van der Waals surface area contributed by atoms with E-state index < -0.39 is 28.8 Å². The zero-order valence-corrected chi connectivity index (χ0v) is 12.4. The van der Waals surface area contributed by atoms with Crippen molar-refractivity contribution in [3.63, 3.8) is 0 Å². The molecule has 4 heteroatoms. The van der Waals surface area contributed by atoms with Crippen molar-refractivity contribution in [2.24, 2.45) is 0 Å². The van der Waals surface area contributed by atoms with Gasteiger partial charge in [-0.3, -0.25) is 4.21 Å². The molecule has 0 spiro atoms. The molecule has 0 saturated carbocycles. The van der Waals surface area contributed by atoms with Crippen LogP contribution in [0.2, 0.25) is 0 Å². The Hall–Kier alpha value is -1.00. The Morgan fingerprint density at radius 2 is 1.95 bits per heavy atom. The first-order chi connectivity index (χ1) is 8.95. The zero-order chi connectivity index (χ0) is 14.4. The number of alkyl halides is 1. The number of rotatable bonds is 6. The Morgan fingerprint density at radius 3 is 2.42 bits per heavy atom. The minimum Gasteiger partial charge on any atom is -0.389 e. The van der Waals surface area contributed by atoms with Gasteiger partial charge in [-0.05, 0) is 39.3 Å². The van der Waals surface area contributed by atoms with Gasteiger partial charge in [0.2, 0.25) is 0 Å². The van der Waals surface area contributed by atoms with Gasteiger partial charge in [-0.2, -0.15) is 0 Å². The molecule has 0 heterocycles. The molecular weight excluding hydrogens is 263 g/mol. The summed E-state index contributed by atoms with van der Waals surface area (Å²) in [5.41, 5.74) is 2.14. The number of hydrogen-bond donors (Lipinski definition) is 1. The molecule has 0 unspecified atom stereocenters. The quantitative estimate of drug-likeness (QED) is 0.815. The van der Waals surface area contributed by atoms with Gasteiger partial charge in [0, 0.05) is 4.90 Å². The molecule has 0 aliphatic rings. The van der Waals surface area contributed by atoms with E-state index in [1.807, 2.05) is 39.0 Å². The maximum Gasteiger partial charge on any atom is 0.116 e. The maximum absolute atomic E-state index is 12.7. The van der Waals surface area contributed by atoms with Crippen LogP contribution in [0, 0.1) is 6.92 Å². The Kier molecular flexibility index (Phi) is 6.38. The fourth-order valence-corrected chi connectivity index (χ4v) is 3.07. The molecule has 0 aliphatic carbocycles.